The Morgan fingerprint density at radius 2 is 2.14 bits per heavy atom. The van der Waals surface area contributed by atoms with Crippen molar-refractivity contribution in [2.24, 2.45) is 5.41 Å². The molecule has 2 aliphatic rings. The van der Waals surface area contributed by atoms with Crippen LogP contribution in [0.1, 0.15) is 44.3 Å². The summed E-state index contributed by atoms with van der Waals surface area (Å²) in [5.41, 5.74) is 1.47. The molecule has 4 heteroatoms. The summed E-state index contributed by atoms with van der Waals surface area (Å²) in [6, 6.07) is 10.6. The highest BCUT2D eigenvalue weighted by Gasteiger charge is 2.35. The number of hydrogen-bond acceptors (Lipinski definition) is 3. The van der Waals surface area contributed by atoms with E-state index < -0.39 is 0 Å². The highest BCUT2D eigenvalue weighted by Crippen LogP contribution is 2.32. The molecule has 1 aromatic rings. The Morgan fingerprint density at radius 1 is 1.36 bits per heavy atom. The molecule has 3 rings (SSSR count). The summed E-state index contributed by atoms with van der Waals surface area (Å²) in [6.45, 7) is 7.06. The van der Waals surface area contributed by atoms with Gasteiger partial charge in [-0.15, -0.1) is 12.4 Å². The number of likely N-dealkylation sites (tertiary alicyclic amines) is 1. The molecule has 2 heterocycles. The van der Waals surface area contributed by atoms with E-state index in [1.807, 2.05) is 30.3 Å². The van der Waals surface area contributed by atoms with Crippen LogP contribution in [-0.2, 0) is 0 Å². The molecule has 22 heavy (non-hydrogen) atoms. The molecule has 124 valence electrons. The topological polar surface area (TPSA) is 35.5 Å². The minimum Gasteiger partial charge on any atom is -0.388 e. The van der Waals surface area contributed by atoms with Gasteiger partial charge >= 0.3 is 0 Å². The summed E-state index contributed by atoms with van der Waals surface area (Å²) in [5, 5.41) is 14.0. The van der Waals surface area contributed by atoms with Crippen molar-refractivity contribution in [1.29, 1.82) is 0 Å². The number of nitrogens with zero attached hydrogens (tertiary/aromatic N) is 1. The Bertz CT molecular complexity index is 448. The van der Waals surface area contributed by atoms with Gasteiger partial charge < -0.3 is 10.4 Å². The molecular formula is C18H29ClN2O. The van der Waals surface area contributed by atoms with Gasteiger partial charge in [-0.1, -0.05) is 37.3 Å². The van der Waals surface area contributed by atoms with E-state index in [2.05, 4.69) is 17.1 Å². The van der Waals surface area contributed by atoms with Crippen LogP contribution < -0.4 is 5.32 Å². The minimum atomic E-state index is -0.327. The van der Waals surface area contributed by atoms with E-state index in [0.29, 0.717) is 11.5 Å². The molecule has 2 fully saturated rings. The maximum absolute atomic E-state index is 10.5. The van der Waals surface area contributed by atoms with Crippen LogP contribution in [0, 0.1) is 5.41 Å². The first-order valence-electron chi connectivity index (χ1n) is 8.34. The Balaban J connectivity index is 0.00000176. The van der Waals surface area contributed by atoms with Gasteiger partial charge in [-0.05, 0) is 49.8 Å². The zero-order chi connectivity index (χ0) is 14.7. The van der Waals surface area contributed by atoms with Crippen LogP contribution in [0.15, 0.2) is 30.3 Å². The molecule has 0 spiro atoms. The minimum absolute atomic E-state index is 0. The second-order valence-electron chi connectivity index (χ2n) is 7.17. The summed E-state index contributed by atoms with van der Waals surface area (Å²) in [4.78, 5) is 2.62. The molecule has 3 nitrogen and oxygen atoms in total. The lowest BCUT2D eigenvalue weighted by atomic mass is 9.88. The van der Waals surface area contributed by atoms with Crippen molar-refractivity contribution >= 4 is 12.4 Å². The molecule has 3 unspecified atom stereocenters. The van der Waals surface area contributed by atoms with Crippen molar-refractivity contribution < 1.29 is 5.11 Å². The van der Waals surface area contributed by atoms with E-state index in [9.17, 15) is 5.11 Å². The van der Waals surface area contributed by atoms with Crippen LogP contribution in [0.25, 0.3) is 0 Å². The van der Waals surface area contributed by atoms with Crippen molar-refractivity contribution in [2.45, 2.75) is 44.8 Å². The van der Waals surface area contributed by atoms with E-state index >= 15 is 0 Å². The van der Waals surface area contributed by atoms with Gasteiger partial charge in [0.2, 0.25) is 0 Å². The number of nitrogens with one attached hydrogen (secondary N) is 1. The Kier molecular flexibility index (Phi) is 6.27. The molecule has 3 atom stereocenters. The smallest absolute Gasteiger partial charge is 0.0805 e. The number of aliphatic hydroxyl groups is 1. The number of hydrogen-bond donors (Lipinski definition) is 2. The van der Waals surface area contributed by atoms with Crippen molar-refractivity contribution in [2.75, 3.05) is 26.2 Å². The third kappa shape index (κ3) is 4.23. The van der Waals surface area contributed by atoms with E-state index in [4.69, 9.17) is 0 Å². The highest BCUT2D eigenvalue weighted by atomic mass is 35.5. The Morgan fingerprint density at radius 3 is 2.82 bits per heavy atom. The molecule has 0 saturated carbocycles. The third-order valence-electron chi connectivity index (χ3n) is 5.22. The summed E-state index contributed by atoms with van der Waals surface area (Å²) in [6.07, 6.45) is 4.32. The molecule has 0 aromatic heterocycles. The van der Waals surface area contributed by atoms with Crippen LogP contribution >= 0.6 is 12.4 Å². The predicted octanol–water partition coefficient (Wildman–Crippen LogP) is 3.00. The van der Waals surface area contributed by atoms with E-state index in [-0.39, 0.29) is 18.5 Å². The van der Waals surface area contributed by atoms with Gasteiger partial charge in [-0.2, -0.15) is 0 Å². The van der Waals surface area contributed by atoms with E-state index in [0.717, 1.165) is 25.1 Å². The zero-order valence-corrected chi connectivity index (χ0v) is 14.3. The number of halogens is 1. The maximum Gasteiger partial charge on any atom is 0.0805 e. The highest BCUT2D eigenvalue weighted by molar-refractivity contribution is 5.85. The van der Waals surface area contributed by atoms with Gasteiger partial charge in [-0.3, -0.25) is 4.90 Å². The van der Waals surface area contributed by atoms with Gasteiger partial charge in [0.25, 0.3) is 0 Å². The fourth-order valence-corrected chi connectivity index (χ4v) is 3.93. The fourth-order valence-electron chi connectivity index (χ4n) is 3.93. The largest absolute Gasteiger partial charge is 0.388 e. The lowest BCUT2D eigenvalue weighted by Crippen LogP contribution is -2.40. The first kappa shape index (κ1) is 17.7. The maximum atomic E-state index is 10.5. The second kappa shape index (κ2) is 7.78. The number of rotatable bonds is 5. The molecule has 2 aliphatic heterocycles. The molecule has 0 amide bonds. The monoisotopic (exact) mass is 324 g/mol. The molecule has 0 aliphatic carbocycles. The van der Waals surface area contributed by atoms with Gasteiger partial charge in [-0.25, -0.2) is 0 Å². The van der Waals surface area contributed by atoms with Crippen LogP contribution in [0.5, 0.6) is 0 Å². The second-order valence-corrected chi connectivity index (χ2v) is 7.17. The van der Waals surface area contributed by atoms with Gasteiger partial charge in [0.1, 0.15) is 0 Å². The summed E-state index contributed by atoms with van der Waals surface area (Å²) in [7, 11) is 0. The molecule has 0 bridgehead atoms. The quantitative estimate of drug-likeness (QED) is 0.874. The third-order valence-corrected chi connectivity index (χ3v) is 5.22. The lowest BCUT2D eigenvalue weighted by Gasteiger charge is -2.34. The standard InChI is InChI=1S/C18H28N2O.ClH/c1-18(9-10-19-13-18)14-20-11-5-8-16(20)12-17(21)15-6-3-2-4-7-15;/h2-4,6-7,16-17,19,21H,5,8-14H2,1H3;1H. The average Bonchev–Trinajstić information content (AvgIpc) is 3.10. The number of aliphatic hydroxyl groups excluding tert-OH is 1. The van der Waals surface area contributed by atoms with Gasteiger partial charge in [0.05, 0.1) is 6.10 Å². The summed E-state index contributed by atoms with van der Waals surface area (Å²) < 4.78 is 0. The van der Waals surface area contributed by atoms with Gasteiger partial charge in [0, 0.05) is 19.1 Å². The van der Waals surface area contributed by atoms with Crippen LogP contribution in [0.3, 0.4) is 0 Å². The van der Waals surface area contributed by atoms with Crippen LogP contribution in [0.4, 0.5) is 0 Å². The normalized spacial score (nSPS) is 30.2. The zero-order valence-electron chi connectivity index (χ0n) is 13.5. The van der Waals surface area contributed by atoms with E-state index in [1.165, 1.54) is 32.4 Å². The van der Waals surface area contributed by atoms with Crippen molar-refractivity contribution in [1.82, 2.24) is 10.2 Å². The summed E-state index contributed by atoms with van der Waals surface area (Å²) >= 11 is 0. The first-order valence-corrected chi connectivity index (χ1v) is 8.34. The van der Waals surface area contributed by atoms with Crippen molar-refractivity contribution in [3.05, 3.63) is 35.9 Å². The van der Waals surface area contributed by atoms with Crippen molar-refractivity contribution in [3.63, 3.8) is 0 Å². The predicted molar refractivity (Wildman–Crippen MR) is 93.5 cm³/mol. The fraction of sp³-hybridized carbons (Fsp3) is 0.667. The van der Waals surface area contributed by atoms with E-state index in [1.54, 1.807) is 0 Å². The molecule has 2 saturated heterocycles. The SMILES string of the molecule is CC1(CN2CCCC2CC(O)c2ccccc2)CCNC1.Cl. The Labute approximate surface area is 140 Å². The molecule has 1 aromatic carbocycles. The lowest BCUT2D eigenvalue weighted by molar-refractivity contribution is 0.0996. The first-order chi connectivity index (χ1) is 10.2. The van der Waals surface area contributed by atoms with Crippen LogP contribution in [-0.4, -0.2) is 42.2 Å². The van der Waals surface area contributed by atoms with Gasteiger partial charge in [0.15, 0.2) is 0 Å². The van der Waals surface area contributed by atoms with Crippen LogP contribution in [0.2, 0.25) is 0 Å². The summed E-state index contributed by atoms with van der Waals surface area (Å²) in [5.74, 6) is 0. The molecular weight excluding hydrogens is 296 g/mol. The number of benzene rings is 1. The molecule has 0 radical (unpaired) electrons. The van der Waals surface area contributed by atoms with Crippen molar-refractivity contribution in [3.8, 4) is 0 Å². The molecule has 2 N–H and O–H groups in total. The Hall–Kier alpha value is -0.610. The average molecular weight is 325 g/mol.